The quantitative estimate of drug-likeness (QED) is 0.749. The van der Waals surface area contributed by atoms with Gasteiger partial charge in [0, 0.05) is 14.1 Å². The fourth-order valence-corrected chi connectivity index (χ4v) is 3.96. The standard InChI is InChI=1S/C16H22BrN3O2S/c1-12(2)9-13-5-7-14(8-6-13)23(21,22)19(3)11-16-15(17)10-18-20(16)4/h5-8,10,12H,9,11H2,1-4H3. The second-order valence-corrected chi connectivity index (χ2v) is 8.97. The van der Waals surface area contributed by atoms with E-state index in [4.69, 9.17) is 0 Å². The van der Waals surface area contributed by atoms with Crippen molar-refractivity contribution in [3.8, 4) is 0 Å². The molecule has 1 heterocycles. The Morgan fingerprint density at radius 1 is 1.26 bits per heavy atom. The van der Waals surface area contributed by atoms with E-state index < -0.39 is 10.0 Å². The summed E-state index contributed by atoms with van der Waals surface area (Å²) in [6.45, 7) is 4.54. The van der Waals surface area contributed by atoms with Gasteiger partial charge in [-0.3, -0.25) is 4.68 Å². The van der Waals surface area contributed by atoms with Gasteiger partial charge in [0.2, 0.25) is 10.0 Å². The van der Waals surface area contributed by atoms with Crippen LogP contribution >= 0.6 is 15.9 Å². The highest BCUT2D eigenvalue weighted by molar-refractivity contribution is 9.10. The molecule has 0 aliphatic carbocycles. The van der Waals surface area contributed by atoms with E-state index in [2.05, 4.69) is 34.9 Å². The largest absolute Gasteiger partial charge is 0.270 e. The van der Waals surface area contributed by atoms with Crippen molar-refractivity contribution >= 4 is 26.0 Å². The minimum absolute atomic E-state index is 0.257. The summed E-state index contributed by atoms with van der Waals surface area (Å²) in [5.74, 6) is 0.544. The Morgan fingerprint density at radius 3 is 2.35 bits per heavy atom. The average Bonchev–Trinajstić information content (AvgIpc) is 2.79. The number of aryl methyl sites for hydroxylation is 1. The molecule has 0 N–H and O–H groups in total. The summed E-state index contributed by atoms with van der Waals surface area (Å²) in [6, 6.07) is 7.14. The summed E-state index contributed by atoms with van der Waals surface area (Å²) >= 11 is 3.40. The van der Waals surface area contributed by atoms with Gasteiger partial charge in [0.1, 0.15) is 0 Å². The number of hydrogen-bond donors (Lipinski definition) is 0. The lowest BCUT2D eigenvalue weighted by Crippen LogP contribution is -2.27. The number of benzene rings is 1. The summed E-state index contributed by atoms with van der Waals surface area (Å²) in [5.41, 5.74) is 1.96. The number of sulfonamides is 1. The Morgan fingerprint density at radius 2 is 1.87 bits per heavy atom. The normalized spacial score (nSPS) is 12.3. The van der Waals surface area contributed by atoms with Crippen LogP contribution in [0.25, 0.3) is 0 Å². The Hall–Kier alpha value is -1.18. The molecular formula is C16H22BrN3O2S. The highest BCUT2D eigenvalue weighted by Crippen LogP contribution is 2.21. The lowest BCUT2D eigenvalue weighted by molar-refractivity contribution is 0.452. The molecule has 126 valence electrons. The summed E-state index contributed by atoms with van der Waals surface area (Å²) in [4.78, 5) is 0.311. The molecule has 0 fully saturated rings. The van der Waals surface area contributed by atoms with Gasteiger partial charge in [-0.05, 0) is 46.0 Å². The molecule has 5 nitrogen and oxygen atoms in total. The molecule has 0 aliphatic rings. The smallest absolute Gasteiger partial charge is 0.243 e. The monoisotopic (exact) mass is 399 g/mol. The second-order valence-electron chi connectivity index (χ2n) is 6.07. The lowest BCUT2D eigenvalue weighted by Gasteiger charge is -2.18. The zero-order valence-electron chi connectivity index (χ0n) is 13.8. The van der Waals surface area contributed by atoms with E-state index in [1.165, 1.54) is 4.31 Å². The third-order valence-electron chi connectivity index (χ3n) is 3.66. The maximum Gasteiger partial charge on any atom is 0.243 e. The van der Waals surface area contributed by atoms with Crippen LogP contribution in [0.15, 0.2) is 39.8 Å². The predicted octanol–water partition coefficient (Wildman–Crippen LogP) is 3.20. The molecule has 0 radical (unpaired) electrons. The maximum atomic E-state index is 12.7. The number of hydrogen-bond acceptors (Lipinski definition) is 3. The van der Waals surface area contributed by atoms with Crippen LogP contribution in [-0.2, 0) is 30.0 Å². The van der Waals surface area contributed by atoms with E-state index >= 15 is 0 Å². The van der Waals surface area contributed by atoms with Gasteiger partial charge >= 0.3 is 0 Å². The average molecular weight is 400 g/mol. The van der Waals surface area contributed by atoms with Gasteiger partial charge in [-0.25, -0.2) is 8.42 Å². The molecule has 0 spiro atoms. The Balaban J connectivity index is 2.20. The van der Waals surface area contributed by atoms with Gasteiger partial charge in [-0.1, -0.05) is 26.0 Å². The van der Waals surface area contributed by atoms with Crippen molar-refractivity contribution in [2.24, 2.45) is 13.0 Å². The van der Waals surface area contributed by atoms with Gasteiger partial charge < -0.3 is 0 Å². The number of rotatable bonds is 6. The highest BCUT2D eigenvalue weighted by Gasteiger charge is 2.22. The molecule has 0 atom stereocenters. The van der Waals surface area contributed by atoms with Crippen LogP contribution in [0.2, 0.25) is 0 Å². The molecule has 0 amide bonds. The zero-order chi connectivity index (χ0) is 17.2. The van der Waals surface area contributed by atoms with Gasteiger partial charge in [0.25, 0.3) is 0 Å². The van der Waals surface area contributed by atoms with Gasteiger partial charge in [0.15, 0.2) is 0 Å². The van der Waals surface area contributed by atoms with E-state index in [0.717, 1.165) is 22.2 Å². The van der Waals surface area contributed by atoms with Crippen LogP contribution in [0.1, 0.15) is 25.1 Å². The molecule has 2 rings (SSSR count). The van der Waals surface area contributed by atoms with Crippen LogP contribution in [0, 0.1) is 5.92 Å². The summed E-state index contributed by atoms with van der Waals surface area (Å²) < 4.78 is 29.2. The zero-order valence-corrected chi connectivity index (χ0v) is 16.2. The Labute approximate surface area is 146 Å². The van der Waals surface area contributed by atoms with Crippen LogP contribution < -0.4 is 0 Å². The van der Waals surface area contributed by atoms with Crippen LogP contribution in [-0.4, -0.2) is 29.6 Å². The van der Waals surface area contributed by atoms with E-state index in [-0.39, 0.29) is 6.54 Å². The van der Waals surface area contributed by atoms with Crippen molar-refractivity contribution in [2.75, 3.05) is 7.05 Å². The van der Waals surface area contributed by atoms with Crippen molar-refractivity contribution in [2.45, 2.75) is 31.7 Å². The highest BCUT2D eigenvalue weighted by atomic mass is 79.9. The van der Waals surface area contributed by atoms with Crippen LogP contribution in [0.5, 0.6) is 0 Å². The minimum atomic E-state index is -3.52. The lowest BCUT2D eigenvalue weighted by atomic mass is 10.0. The third-order valence-corrected chi connectivity index (χ3v) is 6.14. The third kappa shape index (κ3) is 4.22. The first-order chi connectivity index (χ1) is 10.7. The molecule has 23 heavy (non-hydrogen) atoms. The van der Waals surface area contributed by atoms with Crippen molar-refractivity contribution in [3.63, 3.8) is 0 Å². The molecule has 0 saturated heterocycles. The van der Waals surface area contributed by atoms with Gasteiger partial charge in [0.05, 0.1) is 27.8 Å². The fourth-order valence-electron chi connectivity index (χ4n) is 2.36. The topological polar surface area (TPSA) is 55.2 Å². The Bertz CT molecular complexity index is 748. The number of aromatic nitrogens is 2. The van der Waals surface area contributed by atoms with E-state index in [1.54, 1.807) is 37.1 Å². The first kappa shape index (κ1) is 18.2. The molecule has 0 aliphatic heterocycles. The summed E-state index contributed by atoms with van der Waals surface area (Å²) in [6.07, 6.45) is 2.61. The first-order valence-electron chi connectivity index (χ1n) is 7.43. The van der Waals surface area contributed by atoms with Crippen molar-refractivity contribution < 1.29 is 8.42 Å². The minimum Gasteiger partial charge on any atom is -0.270 e. The molecule has 0 unspecified atom stereocenters. The molecular weight excluding hydrogens is 378 g/mol. The predicted molar refractivity (Wildman–Crippen MR) is 94.5 cm³/mol. The van der Waals surface area contributed by atoms with Crippen molar-refractivity contribution in [3.05, 3.63) is 46.2 Å². The number of nitrogens with zero attached hydrogens (tertiary/aromatic N) is 3. The summed E-state index contributed by atoms with van der Waals surface area (Å²) in [5, 5.41) is 4.11. The molecule has 7 heteroatoms. The van der Waals surface area contributed by atoms with E-state index in [9.17, 15) is 8.42 Å². The van der Waals surface area contributed by atoms with Gasteiger partial charge in [-0.2, -0.15) is 9.40 Å². The molecule has 1 aromatic heterocycles. The van der Waals surface area contributed by atoms with Gasteiger partial charge in [-0.15, -0.1) is 0 Å². The molecule has 0 bridgehead atoms. The van der Waals surface area contributed by atoms with E-state index in [1.807, 2.05) is 12.1 Å². The summed E-state index contributed by atoms with van der Waals surface area (Å²) in [7, 11) is -0.149. The fraction of sp³-hybridized carbons (Fsp3) is 0.438. The van der Waals surface area contributed by atoms with Crippen LogP contribution in [0.3, 0.4) is 0 Å². The molecule has 1 aromatic carbocycles. The maximum absolute atomic E-state index is 12.7. The molecule has 2 aromatic rings. The molecule has 0 saturated carbocycles. The van der Waals surface area contributed by atoms with Crippen molar-refractivity contribution in [1.29, 1.82) is 0 Å². The number of halogens is 1. The SMILES string of the molecule is CC(C)Cc1ccc(S(=O)(=O)N(C)Cc2c(Br)cnn2C)cc1. The van der Waals surface area contributed by atoms with E-state index in [0.29, 0.717) is 10.8 Å². The second kappa shape index (κ2) is 7.15. The Kier molecular flexibility index (Phi) is 5.65. The van der Waals surface area contributed by atoms with Crippen LogP contribution in [0.4, 0.5) is 0 Å². The first-order valence-corrected chi connectivity index (χ1v) is 9.66. The van der Waals surface area contributed by atoms with Crippen molar-refractivity contribution in [1.82, 2.24) is 14.1 Å².